The third kappa shape index (κ3) is 5.73. The van der Waals surface area contributed by atoms with Gasteiger partial charge in [0, 0.05) is 18.4 Å². The number of aliphatic hydroxyl groups excluding tert-OH is 3. The van der Waals surface area contributed by atoms with Crippen LogP contribution in [0.2, 0.25) is 0 Å². The first-order valence-corrected chi connectivity index (χ1v) is 13.2. The van der Waals surface area contributed by atoms with E-state index in [0.29, 0.717) is 5.56 Å². The maximum absolute atomic E-state index is 14.3. The van der Waals surface area contributed by atoms with Crippen molar-refractivity contribution in [1.82, 2.24) is 15.0 Å². The zero-order valence-corrected chi connectivity index (χ0v) is 23.0. The number of anilines is 1. The predicted octanol–water partition coefficient (Wildman–Crippen LogP) is 1.01. The Kier molecular flexibility index (Phi) is 8.79. The molecule has 0 aliphatic carbocycles. The monoisotopic (exact) mass is 603 g/mol. The third-order valence-electron chi connectivity index (χ3n) is 7.54. The highest BCUT2D eigenvalue weighted by Crippen LogP contribution is 2.36. The fourth-order valence-electron chi connectivity index (χ4n) is 5.48. The molecule has 0 radical (unpaired) electrons. The quantitative estimate of drug-likeness (QED) is 0.332. The second-order valence-electron chi connectivity index (χ2n) is 10.3. The topological polar surface area (TPSA) is 163 Å². The smallest absolute Gasteiger partial charge is 0.259 e. The molecule has 0 bridgehead atoms. The molecule has 3 heterocycles. The molecule has 7 atom stereocenters. The molecule has 0 unspecified atom stereocenters. The van der Waals surface area contributed by atoms with Crippen LogP contribution in [0.4, 0.5) is 18.9 Å². The molecule has 12 nitrogen and oxygen atoms in total. The number of methoxy groups -OCH3 is 1. The third-order valence-corrected chi connectivity index (χ3v) is 7.54. The Bertz CT molecular complexity index is 1530. The van der Waals surface area contributed by atoms with E-state index in [2.05, 4.69) is 10.3 Å². The van der Waals surface area contributed by atoms with E-state index >= 15 is 0 Å². The normalized spacial score (nSPS) is 27.2. The van der Waals surface area contributed by atoms with Crippen LogP contribution in [0.25, 0.3) is 11.3 Å². The number of hydrogen-bond acceptors (Lipinski definition) is 10. The number of ether oxygens (including phenoxy) is 3. The van der Waals surface area contributed by atoms with E-state index in [-0.39, 0.29) is 35.7 Å². The Morgan fingerprint density at radius 2 is 1.91 bits per heavy atom. The number of carbonyl (C=O) groups excluding carboxylic acids is 1. The minimum Gasteiger partial charge on any atom is -0.394 e. The van der Waals surface area contributed by atoms with Crippen molar-refractivity contribution in [3.63, 3.8) is 0 Å². The summed E-state index contributed by atoms with van der Waals surface area (Å²) in [7, 11) is 1.26. The Morgan fingerprint density at radius 1 is 1.19 bits per heavy atom. The first-order chi connectivity index (χ1) is 20.6. The number of aryl methyl sites for hydroxylation is 1. The fourth-order valence-corrected chi connectivity index (χ4v) is 5.48. The van der Waals surface area contributed by atoms with Gasteiger partial charge in [-0.2, -0.15) is 5.26 Å². The molecule has 2 saturated heterocycles. The number of aliphatic hydroxyl groups is 3. The van der Waals surface area contributed by atoms with Crippen LogP contribution in [0.5, 0.6) is 0 Å². The molecule has 2 fully saturated rings. The van der Waals surface area contributed by atoms with E-state index < -0.39 is 72.6 Å². The van der Waals surface area contributed by atoms with Crippen LogP contribution in [-0.4, -0.2) is 99.7 Å². The van der Waals surface area contributed by atoms with E-state index in [4.69, 9.17) is 14.2 Å². The number of amides is 1. The summed E-state index contributed by atoms with van der Waals surface area (Å²) in [4.78, 5) is 15.6. The van der Waals surface area contributed by atoms with E-state index in [9.17, 15) is 38.5 Å². The van der Waals surface area contributed by atoms with Gasteiger partial charge in [0.2, 0.25) is 0 Å². The number of benzene rings is 2. The van der Waals surface area contributed by atoms with Gasteiger partial charge in [-0.15, -0.1) is 5.10 Å². The summed E-state index contributed by atoms with van der Waals surface area (Å²) in [5.41, 5.74) is 0.990. The minimum absolute atomic E-state index is 0.0280. The van der Waals surface area contributed by atoms with E-state index in [1.54, 1.807) is 19.1 Å². The van der Waals surface area contributed by atoms with Gasteiger partial charge in [0.15, 0.2) is 23.6 Å². The zero-order valence-electron chi connectivity index (χ0n) is 23.0. The lowest BCUT2D eigenvalue weighted by Crippen LogP contribution is -2.63. The van der Waals surface area contributed by atoms with Gasteiger partial charge in [-0.25, -0.2) is 17.9 Å². The zero-order chi connectivity index (χ0) is 31.0. The number of rotatable bonds is 7. The Morgan fingerprint density at radius 3 is 2.51 bits per heavy atom. The fraction of sp³-hybridized carbons (Fsp3) is 0.429. The Labute approximate surface area is 243 Å². The number of halogens is 3. The highest BCUT2D eigenvalue weighted by Gasteiger charge is 2.52. The van der Waals surface area contributed by atoms with Crippen molar-refractivity contribution in [2.24, 2.45) is 0 Å². The van der Waals surface area contributed by atoms with Gasteiger partial charge in [-0.1, -0.05) is 5.21 Å². The second-order valence-corrected chi connectivity index (χ2v) is 10.3. The van der Waals surface area contributed by atoms with Crippen LogP contribution in [0.15, 0.2) is 36.5 Å². The number of nitriles is 1. The first-order valence-electron chi connectivity index (χ1n) is 13.2. The van der Waals surface area contributed by atoms with E-state index in [1.807, 2.05) is 6.07 Å². The van der Waals surface area contributed by atoms with Crippen molar-refractivity contribution in [2.75, 3.05) is 31.8 Å². The Balaban J connectivity index is 1.55. The molecule has 3 N–H and O–H groups in total. The summed E-state index contributed by atoms with van der Waals surface area (Å²) < 4.78 is 59.3. The van der Waals surface area contributed by atoms with E-state index in [1.165, 1.54) is 24.3 Å². The minimum atomic E-state index is -1.65. The van der Waals surface area contributed by atoms with Crippen molar-refractivity contribution in [3.8, 4) is 17.3 Å². The molecule has 1 amide bonds. The van der Waals surface area contributed by atoms with Crippen molar-refractivity contribution < 1.29 is 47.5 Å². The van der Waals surface area contributed by atoms with Crippen molar-refractivity contribution >= 4 is 11.6 Å². The summed E-state index contributed by atoms with van der Waals surface area (Å²) in [5.74, 6) is -5.26. The SMILES string of the molecule is CO[C@@H]1[C@@H](n2cc(-c3cc(F)c(F)c(F)c3)nn2)[C@@H](O)[C@@H](CO)O[C@H]1C(=O)N(c1cc(C)cc(C#N)c1)[C@H]1COC[C@@H]1O. The largest absolute Gasteiger partial charge is 0.394 e. The Hall–Kier alpha value is -3.91. The molecule has 0 spiro atoms. The molecule has 0 saturated carbocycles. The maximum Gasteiger partial charge on any atom is 0.259 e. The van der Waals surface area contributed by atoms with Crippen LogP contribution in [0, 0.1) is 35.7 Å². The van der Waals surface area contributed by atoms with Crippen molar-refractivity contribution in [3.05, 3.63) is 65.1 Å². The van der Waals surface area contributed by atoms with Crippen LogP contribution in [0.3, 0.4) is 0 Å². The molecule has 15 heteroatoms. The summed E-state index contributed by atoms with van der Waals surface area (Å²) in [6, 6.07) is 6.15. The van der Waals surface area contributed by atoms with Gasteiger partial charge in [-0.3, -0.25) is 4.79 Å². The first kappa shape index (κ1) is 30.5. The lowest BCUT2D eigenvalue weighted by Gasteiger charge is -2.45. The molecular weight excluding hydrogens is 575 g/mol. The number of aromatic nitrogens is 3. The summed E-state index contributed by atoms with van der Waals surface area (Å²) in [5, 5.41) is 49.3. The average Bonchev–Trinajstić information content (AvgIpc) is 3.64. The van der Waals surface area contributed by atoms with Crippen molar-refractivity contribution in [2.45, 2.75) is 49.5 Å². The summed E-state index contributed by atoms with van der Waals surface area (Å²) in [6.45, 7) is 0.947. The molecular formula is C28H28F3N5O7. The van der Waals surface area contributed by atoms with Crippen LogP contribution in [0.1, 0.15) is 17.2 Å². The lowest BCUT2D eigenvalue weighted by atomic mass is 9.91. The highest BCUT2D eigenvalue weighted by molar-refractivity contribution is 5.98. The van der Waals surface area contributed by atoms with Gasteiger partial charge in [0.05, 0.1) is 43.7 Å². The molecule has 228 valence electrons. The summed E-state index contributed by atoms with van der Waals surface area (Å²) >= 11 is 0. The second kappa shape index (κ2) is 12.4. The highest BCUT2D eigenvalue weighted by atomic mass is 19.2. The molecule has 2 aliphatic heterocycles. The maximum atomic E-state index is 14.3. The summed E-state index contributed by atoms with van der Waals surface area (Å²) in [6.07, 6.45) is -5.46. The molecule has 1 aromatic heterocycles. The molecule has 3 aromatic rings. The molecule has 2 aromatic carbocycles. The van der Waals surface area contributed by atoms with Crippen molar-refractivity contribution in [1.29, 1.82) is 5.26 Å². The van der Waals surface area contributed by atoms with Gasteiger partial charge in [-0.05, 0) is 42.8 Å². The molecule has 43 heavy (non-hydrogen) atoms. The van der Waals surface area contributed by atoms with Gasteiger partial charge in [0.25, 0.3) is 5.91 Å². The number of carbonyl (C=O) groups is 1. The van der Waals surface area contributed by atoms with E-state index in [0.717, 1.165) is 16.8 Å². The van der Waals surface area contributed by atoms with Gasteiger partial charge < -0.3 is 34.4 Å². The standard InChI is InChI=1S/C28H28F3N5O7/c1-13-3-14(8-32)5-16(4-13)36(20-11-42-12-21(20)38)28(40)27-26(41-2)24(25(39)22(10-37)43-27)35-9-19(33-34-35)15-6-17(29)23(31)18(30)7-15/h3-7,9,20-22,24-27,37-39H,10-12H2,1-2H3/t20-,21-,22+,24-,25-,26+,27+/m0/s1. The number of nitrogens with zero attached hydrogens (tertiary/aromatic N) is 5. The predicted molar refractivity (Wildman–Crippen MR) is 141 cm³/mol. The van der Waals surface area contributed by atoms with Crippen LogP contribution < -0.4 is 4.90 Å². The average molecular weight is 604 g/mol. The molecule has 2 aliphatic rings. The van der Waals surface area contributed by atoms with Gasteiger partial charge in [0.1, 0.15) is 36.2 Å². The van der Waals surface area contributed by atoms with Crippen LogP contribution in [-0.2, 0) is 19.0 Å². The van der Waals surface area contributed by atoms with Crippen LogP contribution >= 0.6 is 0 Å². The molecule has 5 rings (SSSR count). The number of hydrogen-bond donors (Lipinski definition) is 3. The van der Waals surface area contributed by atoms with Gasteiger partial charge >= 0.3 is 0 Å². The lowest BCUT2D eigenvalue weighted by molar-refractivity contribution is -0.211.